The van der Waals surface area contributed by atoms with Gasteiger partial charge in [0.15, 0.2) is 15.8 Å². The van der Waals surface area contributed by atoms with Crippen molar-refractivity contribution in [1.29, 1.82) is 0 Å². The number of amides is 2. The Morgan fingerprint density at radius 1 is 1.11 bits per heavy atom. The van der Waals surface area contributed by atoms with Crippen LogP contribution in [0, 0.1) is 0 Å². The van der Waals surface area contributed by atoms with Gasteiger partial charge in [0, 0.05) is 25.6 Å². The fourth-order valence-corrected chi connectivity index (χ4v) is 5.08. The summed E-state index contributed by atoms with van der Waals surface area (Å²) in [4.78, 5) is 25.8. The first-order valence-corrected chi connectivity index (χ1v) is 13.1. The second-order valence-electron chi connectivity index (χ2n) is 7.40. The van der Waals surface area contributed by atoms with Gasteiger partial charge in [-0.3, -0.25) is 15.0 Å². The largest absolute Gasteiger partial charge is 0.493 e. The van der Waals surface area contributed by atoms with Gasteiger partial charge in [0.25, 0.3) is 11.8 Å². The molecule has 1 aliphatic rings. The van der Waals surface area contributed by atoms with Crippen LogP contribution in [0.15, 0.2) is 70.0 Å². The maximum Gasteiger partial charge on any atom is 0.285 e. The number of halogens is 3. The molecule has 1 aliphatic heterocycles. The van der Waals surface area contributed by atoms with Crippen LogP contribution in [0.25, 0.3) is 6.08 Å². The summed E-state index contributed by atoms with van der Waals surface area (Å²) in [5, 5.41) is 2.12. The number of carbonyl (C=O) groups is 2. The van der Waals surface area contributed by atoms with Crippen LogP contribution in [0.4, 0.5) is 0 Å². The first kappa shape index (κ1) is 26.5. The zero-order chi connectivity index (χ0) is 25.8. The average molecular weight is 624 g/mol. The molecule has 36 heavy (non-hydrogen) atoms. The molecule has 0 radical (unpaired) electrons. The SMILES string of the molecule is COc1cc(/C=C2\SC(=S)N(NC(=O)c3ccc(Br)cc3)C2=O)ccc1OCc1ccc(Cl)cc1Cl. The normalized spacial score (nSPS) is 14.3. The lowest BCUT2D eigenvalue weighted by Crippen LogP contribution is -2.44. The summed E-state index contributed by atoms with van der Waals surface area (Å²) >= 11 is 21.9. The highest BCUT2D eigenvalue weighted by Gasteiger charge is 2.33. The van der Waals surface area contributed by atoms with Crippen LogP contribution in [-0.2, 0) is 11.4 Å². The van der Waals surface area contributed by atoms with Gasteiger partial charge in [0.1, 0.15) is 6.61 Å². The predicted octanol–water partition coefficient (Wildman–Crippen LogP) is 6.89. The van der Waals surface area contributed by atoms with E-state index in [0.29, 0.717) is 37.6 Å². The Balaban J connectivity index is 1.47. The first-order chi connectivity index (χ1) is 17.2. The lowest BCUT2D eigenvalue weighted by Gasteiger charge is -2.15. The maximum atomic E-state index is 12.9. The summed E-state index contributed by atoms with van der Waals surface area (Å²) in [5.41, 5.74) is 4.44. The summed E-state index contributed by atoms with van der Waals surface area (Å²) < 4.78 is 12.4. The highest BCUT2D eigenvalue weighted by molar-refractivity contribution is 9.10. The number of rotatable bonds is 7. The smallest absolute Gasteiger partial charge is 0.285 e. The van der Waals surface area contributed by atoms with Crippen molar-refractivity contribution in [2.75, 3.05) is 7.11 Å². The van der Waals surface area contributed by atoms with Crippen molar-refractivity contribution in [2.45, 2.75) is 6.61 Å². The van der Waals surface area contributed by atoms with Crippen LogP contribution < -0.4 is 14.9 Å². The molecule has 0 bridgehead atoms. The van der Waals surface area contributed by atoms with Gasteiger partial charge in [-0.25, -0.2) is 0 Å². The fourth-order valence-electron chi connectivity index (χ4n) is 3.17. The van der Waals surface area contributed by atoms with Crippen molar-refractivity contribution >= 4 is 85.3 Å². The van der Waals surface area contributed by atoms with E-state index in [2.05, 4.69) is 21.4 Å². The third kappa shape index (κ3) is 6.22. The van der Waals surface area contributed by atoms with Gasteiger partial charge in [0.05, 0.1) is 12.0 Å². The van der Waals surface area contributed by atoms with Crippen LogP contribution in [0.2, 0.25) is 10.0 Å². The van der Waals surface area contributed by atoms with Gasteiger partial charge < -0.3 is 9.47 Å². The highest BCUT2D eigenvalue weighted by Crippen LogP contribution is 2.35. The topological polar surface area (TPSA) is 67.9 Å². The molecule has 6 nitrogen and oxygen atoms in total. The molecule has 1 fully saturated rings. The number of benzene rings is 3. The van der Waals surface area contributed by atoms with Crippen molar-refractivity contribution in [1.82, 2.24) is 10.4 Å². The van der Waals surface area contributed by atoms with E-state index in [9.17, 15) is 9.59 Å². The van der Waals surface area contributed by atoms with E-state index in [-0.39, 0.29) is 10.9 Å². The number of thioether (sulfide) groups is 1. The molecule has 3 aromatic rings. The van der Waals surface area contributed by atoms with E-state index in [0.717, 1.165) is 26.8 Å². The predicted molar refractivity (Wildman–Crippen MR) is 150 cm³/mol. The Morgan fingerprint density at radius 2 is 1.86 bits per heavy atom. The molecule has 4 rings (SSSR count). The molecule has 0 atom stereocenters. The van der Waals surface area contributed by atoms with Gasteiger partial charge in [0.2, 0.25) is 0 Å². The molecular formula is C25H17BrCl2N2O4S2. The van der Waals surface area contributed by atoms with E-state index >= 15 is 0 Å². The Labute approximate surface area is 235 Å². The Kier molecular flexibility index (Phi) is 8.58. The molecule has 0 spiro atoms. The van der Waals surface area contributed by atoms with E-state index in [1.807, 2.05) is 0 Å². The fraction of sp³-hybridized carbons (Fsp3) is 0.0800. The van der Waals surface area contributed by atoms with Crippen LogP contribution in [0.5, 0.6) is 11.5 Å². The number of nitrogens with one attached hydrogen (secondary N) is 1. The van der Waals surface area contributed by atoms with Crippen LogP contribution in [0.1, 0.15) is 21.5 Å². The number of hydrogen-bond donors (Lipinski definition) is 1. The molecule has 1 heterocycles. The molecule has 0 aliphatic carbocycles. The average Bonchev–Trinajstić information content (AvgIpc) is 3.11. The third-order valence-corrected chi connectivity index (χ3v) is 7.41. The monoisotopic (exact) mass is 622 g/mol. The Hall–Kier alpha value is -2.56. The zero-order valence-electron chi connectivity index (χ0n) is 18.6. The van der Waals surface area contributed by atoms with Gasteiger partial charge in [-0.15, -0.1) is 0 Å². The van der Waals surface area contributed by atoms with Crippen LogP contribution >= 0.6 is 63.1 Å². The van der Waals surface area contributed by atoms with E-state index in [4.69, 9.17) is 44.9 Å². The summed E-state index contributed by atoms with van der Waals surface area (Å²) in [6, 6.07) is 17.2. The molecule has 1 N–H and O–H groups in total. The summed E-state index contributed by atoms with van der Waals surface area (Å²) in [6.07, 6.45) is 1.67. The maximum absolute atomic E-state index is 12.9. The zero-order valence-corrected chi connectivity index (χ0v) is 23.3. The first-order valence-electron chi connectivity index (χ1n) is 10.3. The number of hydrazine groups is 1. The summed E-state index contributed by atoms with van der Waals surface area (Å²) in [5.74, 6) is 0.124. The lowest BCUT2D eigenvalue weighted by molar-refractivity contribution is -0.123. The van der Waals surface area contributed by atoms with Gasteiger partial charge in [-0.05, 0) is 72.4 Å². The molecule has 184 valence electrons. The molecule has 0 aromatic heterocycles. The lowest BCUT2D eigenvalue weighted by atomic mass is 10.2. The highest BCUT2D eigenvalue weighted by atomic mass is 79.9. The van der Waals surface area contributed by atoms with Crippen molar-refractivity contribution < 1.29 is 19.1 Å². The Bertz CT molecular complexity index is 1380. The summed E-state index contributed by atoms with van der Waals surface area (Å²) in [6.45, 7) is 0.225. The number of methoxy groups -OCH3 is 1. The van der Waals surface area contributed by atoms with Gasteiger partial charge in [-0.1, -0.05) is 63.0 Å². The standard InChI is InChI=1S/C25H17BrCl2N2O4S2/c1-33-21-10-14(2-9-20(21)34-13-16-5-8-18(27)12-19(16)28)11-22-24(32)30(25(35)36-22)29-23(31)15-3-6-17(26)7-4-15/h2-12H,13H2,1H3,(H,29,31)/b22-11-. The minimum absolute atomic E-state index is 0.225. The minimum atomic E-state index is -0.441. The number of nitrogens with zero attached hydrogens (tertiary/aromatic N) is 1. The van der Waals surface area contributed by atoms with E-state index in [1.54, 1.807) is 66.7 Å². The quantitative estimate of drug-likeness (QED) is 0.228. The molecule has 0 saturated carbocycles. The van der Waals surface area contributed by atoms with Crippen LogP contribution in [-0.4, -0.2) is 28.3 Å². The van der Waals surface area contributed by atoms with Gasteiger partial charge >= 0.3 is 0 Å². The third-order valence-electron chi connectivity index (χ3n) is 5.00. The molecule has 3 aromatic carbocycles. The second-order valence-corrected chi connectivity index (χ2v) is 10.8. The number of ether oxygens (including phenoxy) is 2. The van der Waals surface area contributed by atoms with E-state index < -0.39 is 11.8 Å². The second kappa shape index (κ2) is 11.7. The molecule has 1 saturated heterocycles. The van der Waals surface area contributed by atoms with Crippen LogP contribution in [0.3, 0.4) is 0 Å². The molecule has 2 amide bonds. The number of carbonyl (C=O) groups excluding carboxylic acids is 2. The minimum Gasteiger partial charge on any atom is -0.493 e. The van der Waals surface area contributed by atoms with Crippen molar-refractivity contribution in [3.63, 3.8) is 0 Å². The Morgan fingerprint density at radius 3 is 2.56 bits per heavy atom. The molecule has 11 heteroatoms. The molecule has 0 unspecified atom stereocenters. The van der Waals surface area contributed by atoms with Crippen molar-refractivity contribution in [3.8, 4) is 11.5 Å². The van der Waals surface area contributed by atoms with Crippen molar-refractivity contribution in [3.05, 3.63) is 96.8 Å². The number of hydrogen-bond acceptors (Lipinski definition) is 6. The summed E-state index contributed by atoms with van der Waals surface area (Å²) in [7, 11) is 1.53. The number of thiocarbonyl (C=S) groups is 1. The van der Waals surface area contributed by atoms with Crippen molar-refractivity contribution in [2.24, 2.45) is 0 Å². The van der Waals surface area contributed by atoms with Gasteiger partial charge in [-0.2, -0.15) is 5.01 Å². The van der Waals surface area contributed by atoms with E-state index in [1.165, 1.54) is 7.11 Å². The molecular weight excluding hydrogens is 607 g/mol.